The molecule has 0 saturated carbocycles. The Bertz CT molecular complexity index is 287. The van der Waals surface area contributed by atoms with Crippen LogP contribution in [-0.4, -0.2) is 43.3 Å². The van der Waals surface area contributed by atoms with Crippen molar-refractivity contribution in [2.45, 2.75) is 12.6 Å². The van der Waals surface area contributed by atoms with E-state index in [-0.39, 0.29) is 6.42 Å². The molecule has 86 valence electrons. The highest BCUT2D eigenvalue weighted by atomic mass is 19.4. The van der Waals surface area contributed by atoms with E-state index in [1.165, 1.54) is 19.0 Å². The van der Waals surface area contributed by atoms with Gasteiger partial charge in [-0.05, 0) is 6.42 Å². The molecule has 0 spiro atoms. The molecule has 1 aliphatic heterocycles. The Labute approximate surface area is 85.1 Å². The summed E-state index contributed by atoms with van der Waals surface area (Å²) < 4.78 is 37.6. The van der Waals surface area contributed by atoms with Crippen LogP contribution in [-0.2, 0) is 4.79 Å². The maximum atomic E-state index is 12.5. The Morgan fingerprint density at radius 3 is 2.53 bits per heavy atom. The Morgan fingerprint density at radius 1 is 1.60 bits per heavy atom. The van der Waals surface area contributed by atoms with Crippen molar-refractivity contribution in [3.8, 4) is 0 Å². The van der Waals surface area contributed by atoms with Crippen LogP contribution >= 0.6 is 0 Å². The Hall–Kier alpha value is -1.27. The average molecular weight is 223 g/mol. The zero-order valence-electron chi connectivity index (χ0n) is 8.43. The first kappa shape index (κ1) is 11.8. The van der Waals surface area contributed by atoms with E-state index < -0.39 is 23.7 Å². The van der Waals surface area contributed by atoms with Crippen LogP contribution < -0.4 is 5.43 Å². The third kappa shape index (κ3) is 2.40. The van der Waals surface area contributed by atoms with Gasteiger partial charge in [-0.25, -0.2) is 0 Å². The molecule has 0 aliphatic carbocycles. The van der Waals surface area contributed by atoms with Gasteiger partial charge in [-0.15, -0.1) is 0 Å². The second-order valence-corrected chi connectivity index (χ2v) is 3.32. The maximum Gasteiger partial charge on any atom is 0.431 e. The SMILES string of the molecule is CN/N=C(/C1CCN(C)C1=O)C(F)(F)F. The molecule has 1 unspecified atom stereocenters. The summed E-state index contributed by atoms with van der Waals surface area (Å²) in [6, 6.07) is 0. The zero-order chi connectivity index (χ0) is 11.6. The predicted molar refractivity (Wildman–Crippen MR) is 48.3 cm³/mol. The van der Waals surface area contributed by atoms with Gasteiger partial charge in [0.25, 0.3) is 0 Å². The van der Waals surface area contributed by atoms with Gasteiger partial charge in [-0.1, -0.05) is 0 Å². The zero-order valence-corrected chi connectivity index (χ0v) is 8.43. The first-order valence-corrected chi connectivity index (χ1v) is 4.44. The van der Waals surface area contributed by atoms with Crippen LogP contribution in [0.3, 0.4) is 0 Å². The second kappa shape index (κ2) is 4.08. The van der Waals surface area contributed by atoms with E-state index >= 15 is 0 Å². The van der Waals surface area contributed by atoms with Gasteiger partial charge in [0.15, 0.2) is 5.71 Å². The van der Waals surface area contributed by atoms with Gasteiger partial charge in [0.2, 0.25) is 5.91 Å². The minimum Gasteiger partial charge on any atom is -0.345 e. The molecule has 0 aromatic rings. The van der Waals surface area contributed by atoms with E-state index in [9.17, 15) is 18.0 Å². The molecule has 0 aromatic carbocycles. The van der Waals surface area contributed by atoms with Gasteiger partial charge in [-0.3, -0.25) is 4.79 Å². The Morgan fingerprint density at radius 2 is 2.20 bits per heavy atom. The summed E-state index contributed by atoms with van der Waals surface area (Å²) in [6.45, 7) is 0.336. The van der Waals surface area contributed by atoms with Crippen molar-refractivity contribution < 1.29 is 18.0 Å². The lowest BCUT2D eigenvalue weighted by molar-refractivity contribution is -0.129. The minimum atomic E-state index is -4.56. The standard InChI is InChI=1S/C8H12F3N3O/c1-12-13-6(8(9,10)11)5-3-4-14(2)7(5)15/h5,12H,3-4H2,1-2H3/b13-6-. The normalized spacial score (nSPS) is 23.5. The first-order chi connectivity index (χ1) is 6.88. The summed E-state index contributed by atoms with van der Waals surface area (Å²) in [5.41, 5.74) is 1.04. The molecule has 0 radical (unpaired) electrons. The predicted octanol–water partition coefficient (Wildman–Crippen LogP) is 0.602. The molecule has 1 aliphatic rings. The van der Waals surface area contributed by atoms with Crippen molar-refractivity contribution in [3.63, 3.8) is 0 Å². The number of hydrogen-bond donors (Lipinski definition) is 1. The lowest BCUT2D eigenvalue weighted by Gasteiger charge is -2.15. The number of alkyl halides is 3. The molecule has 1 heterocycles. The smallest absolute Gasteiger partial charge is 0.345 e. The largest absolute Gasteiger partial charge is 0.431 e. The topological polar surface area (TPSA) is 44.7 Å². The number of hydrazone groups is 1. The highest BCUT2D eigenvalue weighted by Gasteiger charge is 2.46. The van der Waals surface area contributed by atoms with Gasteiger partial charge in [-0.2, -0.15) is 18.3 Å². The van der Waals surface area contributed by atoms with Crippen molar-refractivity contribution in [3.05, 3.63) is 0 Å². The van der Waals surface area contributed by atoms with Crippen LogP contribution in [0.5, 0.6) is 0 Å². The number of nitrogens with zero attached hydrogens (tertiary/aromatic N) is 2. The molecule has 0 bridgehead atoms. The molecule has 1 fully saturated rings. The quantitative estimate of drug-likeness (QED) is 0.550. The Balaban J connectivity index is 2.93. The third-order valence-corrected chi connectivity index (χ3v) is 2.28. The van der Waals surface area contributed by atoms with Crippen molar-refractivity contribution in [1.82, 2.24) is 10.3 Å². The number of rotatable bonds is 2. The summed E-state index contributed by atoms with van der Waals surface area (Å²) in [5.74, 6) is -1.69. The van der Waals surface area contributed by atoms with Crippen LogP contribution in [0.1, 0.15) is 6.42 Å². The molecule has 7 heteroatoms. The van der Waals surface area contributed by atoms with Crippen molar-refractivity contribution in [2.75, 3.05) is 20.6 Å². The number of carbonyl (C=O) groups is 1. The number of carbonyl (C=O) groups excluding carboxylic acids is 1. The molecule has 1 rings (SSSR count). The molecule has 4 nitrogen and oxygen atoms in total. The number of hydrogen-bond acceptors (Lipinski definition) is 3. The van der Waals surface area contributed by atoms with Gasteiger partial charge in [0.1, 0.15) is 0 Å². The first-order valence-electron chi connectivity index (χ1n) is 4.44. The lowest BCUT2D eigenvalue weighted by Crippen LogP contribution is -2.37. The van der Waals surface area contributed by atoms with Gasteiger partial charge in [0, 0.05) is 20.6 Å². The number of halogens is 3. The van der Waals surface area contributed by atoms with Gasteiger partial charge >= 0.3 is 6.18 Å². The number of nitrogens with one attached hydrogen (secondary N) is 1. The van der Waals surface area contributed by atoms with E-state index in [4.69, 9.17) is 0 Å². The third-order valence-electron chi connectivity index (χ3n) is 2.28. The molecule has 1 N–H and O–H groups in total. The van der Waals surface area contributed by atoms with Crippen molar-refractivity contribution in [1.29, 1.82) is 0 Å². The van der Waals surface area contributed by atoms with Crippen LogP contribution in [0, 0.1) is 5.92 Å². The second-order valence-electron chi connectivity index (χ2n) is 3.32. The molecular formula is C8H12F3N3O. The molecule has 1 atom stereocenters. The number of likely N-dealkylation sites (tertiary alicyclic amines) is 1. The van der Waals surface area contributed by atoms with E-state index in [0.717, 1.165) is 0 Å². The van der Waals surface area contributed by atoms with E-state index in [1.54, 1.807) is 0 Å². The van der Waals surface area contributed by atoms with Gasteiger partial charge < -0.3 is 10.3 Å². The monoisotopic (exact) mass is 223 g/mol. The maximum absolute atomic E-state index is 12.5. The van der Waals surface area contributed by atoms with Crippen LogP contribution in [0.15, 0.2) is 5.10 Å². The minimum absolute atomic E-state index is 0.162. The molecule has 1 amide bonds. The van der Waals surface area contributed by atoms with Gasteiger partial charge in [0.05, 0.1) is 5.92 Å². The van der Waals surface area contributed by atoms with E-state index in [2.05, 4.69) is 10.5 Å². The molecular weight excluding hydrogens is 211 g/mol. The van der Waals surface area contributed by atoms with Crippen LogP contribution in [0.4, 0.5) is 13.2 Å². The Kier molecular flexibility index (Phi) is 3.21. The summed E-state index contributed by atoms with van der Waals surface area (Å²) >= 11 is 0. The van der Waals surface area contributed by atoms with Crippen molar-refractivity contribution >= 4 is 11.6 Å². The fourth-order valence-corrected chi connectivity index (χ4v) is 1.54. The highest BCUT2D eigenvalue weighted by molar-refractivity contribution is 6.07. The summed E-state index contributed by atoms with van der Waals surface area (Å²) in [4.78, 5) is 12.7. The fraction of sp³-hybridized carbons (Fsp3) is 0.750. The van der Waals surface area contributed by atoms with Crippen LogP contribution in [0.2, 0.25) is 0 Å². The summed E-state index contributed by atoms with van der Waals surface area (Å²) in [6.07, 6.45) is -4.40. The molecule has 0 aromatic heterocycles. The fourth-order valence-electron chi connectivity index (χ4n) is 1.54. The van der Waals surface area contributed by atoms with Crippen LogP contribution in [0.25, 0.3) is 0 Å². The average Bonchev–Trinajstić information content (AvgIpc) is 2.43. The van der Waals surface area contributed by atoms with E-state index in [0.29, 0.717) is 6.54 Å². The highest BCUT2D eigenvalue weighted by Crippen LogP contribution is 2.28. The summed E-state index contributed by atoms with van der Waals surface area (Å²) in [5, 5.41) is 3.16. The van der Waals surface area contributed by atoms with E-state index in [1.807, 2.05) is 0 Å². The summed E-state index contributed by atoms with van der Waals surface area (Å²) in [7, 11) is 2.75. The molecule has 1 saturated heterocycles. The van der Waals surface area contributed by atoms with Crippen molar-refractivity contribution in [2.24, 2.45) is 11.0 Å². The lowest BCUT2D eigenvalue weighted by atomic mass is 10.0. The number of amides is 1. The molecule has 15 heavy (non-hydrogen) atoms.